The van der Waals surface area contributed by atoms with Crippen molar-refractivity contribution in [1.82, 2.24) is 14.7 Å². The average molecular weight is 319 g/mol. The first-order valence-electron chi connectivity index (χ1n) is 7.96. The van der Waals surface area contributed by atoms with Gasteiger partial charge in [-0.05, 0) is 25.0 Å². The van der Waals surface area contributed by atoms with E-state index in [1.807, 2.05) is 12.1 Å². The highest BCUT2D eigenvalue weighted by atomic mass is 16.3. The van der Waals surface area contributed by atoms with E-state index in [9.17, 15) is 14.4 Å². The van der Waals surface area contributed by atoms with Crippen LogP contribution >= 0.6 is 0 Å². The van der Waals surface area contributed by atoms with Crippen LogP contribution in [0.5, 0.6) is 0 Å². The molecule has 23 heavy (non-hydrogen) atoms. The highest BCUT2D eigenvalue weighted by Gasteiger charge is 2.37. The van der Waals surface area contributed by atoms with Gasteiger partial charge in [0.15, 0.2) is 0 Å². The van der Waals surface area contributed by atoms with E-state index in [-0.39, 0.29) is 30.9 Å². The number of likely N-dealkylation sites (tertiary alicyclic amines) is 1. The lowest BCUT2D eigenvalue weighted by atomic mass is 10.1. The SMILES string of the molecule is CN1CC(=O)N(CC(=O)N2CCCCCC2c2ccco2)C1=O. The van der Waals surface area contributed by atoms with E-state index in [4.69, 9.17) is 4.42 Å². The fraction of sp³-hybridized carbons (Fsp3) is 0.562. The van der Waals surface area contributed by atoms with Crippen LogP contribution in [0.4, 0.5) is 4.79 Å². The molecule has 7 heteroatoms. The molecular formula is C16H21N3O4. The van der Waals surface area contributed by atoms with Crippen LogP contribution in [0.25, 0.3) is 0 Å². The van der Waals surface area contributed by atoms with Crippen molar-refractivity contribution in [2.24, 2.45) is 0 Å². The van der Waals surface area contributed by atoms with Gasteiger partial charge in [0.05, 0.1) is 12.3 Å². The Hall–Kier alpha value is -2.31. The van der Waals surface area contributed by atoms with Crippen molar-refractivity contribution in [3.8, 4) is 0 Å². The van der Waals surface area contributed by atoms with Crippen molar-refractivity contribution >= 4 is 17.8 Å². The molecular weight excluding hydrogens is 298 g/mol. The van der Waals surface area contributed by atoms with E-state index in [1.165, 1.54) is 4.90 Å². The summed E-state index contributed by atoms with van der Waals surface area (Å²) >= 11 is 0. The van der Waals surface area contributed by atoms with Gasteiger partial charge in [-0.1, -0.05) is 12.8 Å². The fourth-order valence-corrected chi connectivity index (χ4v) is 3.23. The summed E-state index contributed by atoms with van der Waals surface area (Å²) in [7, 11) is 1.56. The van der Waals surface area contributed by atoms with Crippen molar-refractivity contribution in [3.63, 3.8) is 0 Å². The van der Waals surface area contributed by atoms with Crippen LogP contribution < -0.4 is 0 Å². The van der Waals surface area contributed by atoms with Crippen LogP contribution in [-0.4, -0.2) is 59.2 Å². The number of amides is 4. The lowest BCUT2D eigenvalue weighted by Gasteiger charge is -2.29. The number of carbonyl (C=O) groups excluding carboxylic acids is 3. The van der Waals surface area contributed by atoms with Gasteiger partial charge in [0.1, 0.15) is 18.8 Å². The standard InChI is InChI=1S/C16H21N3O4/c1-17-10-14(20)19(16(17)22)11-15(21)18-8-4-2-3-6-12(18)13-7-5-9-23-13/h5,7,9,12H,2-4,6,8,10-11H2,1H3. The van der Waals surface area contributed by atoms with Crippen LogP contribution in [0, 0.1) is 0 Å². The summed E-state index contributed by atoms with van der Waals surface area (Å²) in [5.74, 6) is 0.233. The number of hydrogen-bond donors (Lipinski definition) is 0. The summed E-state index contributed by atoms with van der Waals surface area (Å²) in [5, 5.41) is 0. The van der Waals surface area contributed by atoms with Crippen LogP contribution in [0.2, 0.25) is 0 Å². The lowest BCUT2D eigenvalue weighted by molar-refractivity contribution is -0.138. The second kappa shape index (κ2) is 6.44. The quantitative estimate of drug-likeness (QED) is 0.794. The number of nitrogens with zero attached hydrogens (tertiary/aromatic N) is 3. The van der Waals surface area contributed by atoms with E-state index < -0.39 is 6.03 Å². The molecule has 0 spiro atoms. The van der Waals surface area contributed by atoms with Gasteiger partial charge in [0.25, 0.3) is 5.91 Å². The molecule has 0 radical (unpaired) electrons. The number of urea groups is 1. The average Bonchev–Trinajstić information content (AvgIpc) is 3.04. The zero-order valence-electron chi connectivity index (χ0n) is 13.2. The van der Waals surface area contributed by atoms with Crippen molar-refractivity contribution in [2.45, 2.75) is 31.7 Å². The summed E-state index contributed by atoms with van der Waals surface area (Å²) in [6.45, 7) is 0.462. The van der Waals surface area contributed by atoms with Gasteiger partial charge < -0.3 is 14.2 Å². The van der Waals surface area contributed by atoms with Crippen LogP contribution in [0.3, 0.4) is 0 Å². The van der Waals surface area contributed by atoms with Crippen molar-refractivity contribution in [3.05, 3.63) is 24.2 Å². The molecule has 0 aliphatic carbocycles. The van der Waals surface area contributed by atoms with E-state index in [2.05, 4.69) is 0 Å². The molecule has 0 bridgehead atoms. The number of furan rings is 1. The third-order valence-electron chi connectivity index (χ3n) is 4.47. The van der Waals surface area contributed by atoms with Gasteiger partial charge in [0.2, 0.25) is 5.91 Å². The number of likely N-dealkylation sites (N-methyl/N-ethyl adjacent to an activating group) is 1. The molecule has 2 saturated heterocycles. The second-order valence-electron chi connectivity index (χ2n) is 6.09. The molecule has 2 aliphatic heterocycles. The third kappa shape index (κ3) is 3.09. The zero-order valence-corrected chi connectivity index (χ0v) is 13.2. The minimum absolute atomic E-state index is 0.0354. The van der Waals surface area contributed by atoms with Crippen LogP contribution in [0.15, 0.2) is 22.8 Å². The summed E-state index contributed by atoms with van der Waals surface area (Å²) < 4.78 is 5.49. The largest absolute Gasteiger partial charge is 0.467 e. The number of hydrogen-bond acceptors (Lipinski definition) is 4. The summed E-state index contributed by atoms with van der Waals surface area (Å²) in [6, 6.07) is 3.15. The smallest absolute Gasteiger partial charge is 0.327 e. The molecule has 0 aromatic carbocycles. The molecule has 1 aromatic rings. The van der Waals surface area contributed by atoms with Crippen molar-refractivity contribution < 1.29 is 18.8 Å². The Kier molecular flexibility index (Phi) is 4.36. The van der Waals surface area contributed by atoms with Crippen LogP contribution in [-0.2, 0) is 9.59 Å². The van der Waals surface area contributed by atoms with Gasteiger partial charge in [-0.25, -0.2) is 4.79 Å². The molecule has 7 nitrogen and oxygen atoms in total. The Balaban J connectivity index is 1.76. The van der Waals surface area contributed by atoms with E-state index in [0.717, 1.165) is 36.3 Å². The number of carbonyl (C=O) groups is 3. The lowest BCUT2D eigenvalue weighted by Crippen LogP contribution is -2.44. The monoisotopic (exact) mass is 319 g/mol. The van der Waals surface area contributed by atoms with Crippen molar-refractivity contribution in [2.75, 3.05) is 26.7 Å². The van der Waals surface area contributed by atoms with Crippen LogP contribution in [0.1, 0.15) is 37.5 Å². The Morgan fingerprint density at radius 1 is 1.30 bits per heavy atom. The minimum Gasteiger partial charge on any atom is -0.467 e. The molecule has 1 aromatic heterocycles. The third-order valence-corrected chi connectivity index (χ3v) is 4.47. The fourth-order valence-electron chi connectivity index (χ4n) is 3.23. The molecule has 124 valence electrons. The Morgan fingerprint density at radius 3 is 2.78 bits per heavy atom. The van der Waals surface area contributed by atoms with E-state index >= 15 is 0 Å². The molecule has 2 aliphatic rings. The van der Waals surface area contributed by atoms with E-state index in [1.54, 1.807) is 18.2 Å². The molecule has 2 fully saturated rings. The Morgan fingerprint density at radius 2 is 2.13 bits per heavy atom. The highest BCUT2D eigenvalue weighted by Crippen LogP contribution is 2.30. The maximum absolute atomic E-state index is 12.7. The van der Waals surface area contributed by atoms with Gasteiger partial charge >= 0.3 is 6.03 Å². The second-order valence-corrected chi connectivity index (χ2v) is 6.09. The van der Waals surface area contributed by atoms with Crippen molar-refractivity contribution in [1.29, 1.82) is 0 Å². The maximum atomic E-state index is 12.7. The van der Waals surface area contributed by atoms with Gasteiger partial charge in [-0.3, -0.25) is 14.5 Å². The predicted molar refractivity (Wildman–Crippen MR) is 81.4 cm³/mol. The first kappa shape index (κ1) is 15.6. The normalized spacial score (nSPS) is 22.7. The Bertz CT molecular complexity index is 598. The molecule has 0 N–H and O–H groups in total. The molecule has 3 rings (SSSR count). The molecule has 1 unspecified atom stereocenters. The first-order chi connectivity index (χ1) is 11.1. The molecule has 0 saturated carbocycles. The molecule has 1 atom stereocenters. The molecule has 3 heterocycles. The highest BCUT2D eigenvalue weighted by molar-refractivity contribution is 6.04. The number of rotatable bonds is 3. The minimum atomic E-state index is -0.410. The first-order valence-corrected chi connectivity index (χ1v) is 7.96. The predicted octanol–water partition coefficient (Wildman–Crippen LogP) is 1.62. The Labute approximate surface area is 134 Å². The topological polar surface area (TPSA) is 74.1 Å². The summed E-state index contributed by atoms with van der Waals surface area (Å²) in [6.07, 6.45) is 5.45. The summed E-state index contributed by atoms with van der Waals surface area (Å²) in [4.78, 5) is 40.7. The zero-order chi connectivity index (χ0) is 16.4. The maximum Gasteiger partial charge on any atom is 0.327 e. The molecule has 4 amide bonds. The van der Waals surface area contributed by atoms with Gasteiger partial charge in [-0.2, -0.15) is 0 Å². The number of imide groups is 1. The summed E-state index contributed by atoms with van der Waals surface area (Å²) in [5.41, 5.74) is 0. The van der Waals surface area contributed by atoms with Gasteiger partial charge in [-0.15, -0.1) is 0 Å². The van der Waals surface area contributed by atoms with Gasteiger partial charge in [0, 0.05) is 13.6 Å². The van der Waals surface area contributed by atoms with E-state index in [0.29, 0.717) is 6.54 Å².